The number of hydrazone groups is 1. The predicted octanol–water partition coefficient (Wildman–Crippen LogP) is 8.57. The molecule has 0 aliphatic rings. The molecule has 2 aromatic carbocycles. The van der Waals surface area contributed by atoms with Crippen LogP contribution in [0.4, 0.5) is 0 Å². The zero-order valence-corrected chi connectivity index (χ0v) is 29.0. The number of benzene rings is 2. The number of thiocarbonyl (C=S) groups is 1. The molecule has 2 aromatic rings. The maximum atomic E-state index is 6.60. The van der Waals surface area contributed by atoms with Gasteiger partial charge in [0.25, 0.3) is 0 Å². The average Bonchev–Trinajstić information content (AvgIpc) is 2.64. The van der Waals surface area contributed by atoms with Gasteiger partial charge in [-0.3, -0.25) is 5.43 Å². The van der Waals surface area contributed by atoms with Gasteiger partial charge in [-0.2, -0.15) is 5.10 Å². The van der Waals surface area contributed by atoms with Gasteiger partial charge in [-0.25, -0.2) is 0 Å². The fourth-order valence-corrected chi connectivity index (χ4v) is 5.84. The van der Waals surface area contributed by atoms with Crippen molar-refractivity contribution in [3.8, 4) is 11.5 Å². The Hall–Kier alpha value is -1.21. The lowest BCUT2D eigenvalue weighted by Crippen LogP contribution is -2.43. The fraction of sp³-hybridized carbons (Fsp3) is 0.462. The van der Waals surface area contributed by atoms with Gasteiger partial charge in [0, 0.05) is 20.1 Å². The molecule has 0 fully saturated rings. The van der Waals surface area contributed by atoms with Crippen molar-refractivity contribution in [2.24, 2.45) is 10.8 Å². The molecular formula is C26H39Br2N3O2SSi2. The molecule has 198 valence electrons. The van der Waals surface area contributed by atoms with E-state index in [0.29, 0.717) is 5.71 Å². The summed E-state index contributed by atoms with van der Waals surface area (Å²) in [5.74, 6) is 1.59. The van der Waals surface area contributed by atoms with Crippen LogP contribution in [0.3, 0.4) is 0 Å². The van der Waals surface area contributed by atoms with Gasteiger partial charge in [0.15, 0.2) is 5.11 Å². The molecule has 0 aliphatic carbocycles. The molecule has 0 heterocycles. The lowest BCUT2D eigenvalue weighted by atomic mass is 10.0. The molecule has 0 saturated carbocycles. The van der Waals surface area contributed by atoms with Crippen molar-refractivity contribution >= 4 is 71.5 Å². The summed E-state index contributed by atoms with van der Waals surface area (Å²) in [4.78, 5) is 0. The van der Waals surface area contributed by atoms with E-state index < -0.39 is 16.6 Å². The number of hydrogen-bond donors (Lipinski definition) is 2. The molecule has 0 unspecified atom stereocenters. The van der Waals surface area contributed by atoms with Crippen molar-refractivity contribution in [1.82, 2.24) is 5.43 Å². The smallest absolute Gasteiger partial charge is 0.250 e. The van der Waals surface area contributed by atoms with Crippen LogP contribution in [0.5, 0.6) is 11.5 Å². The highest BCUT2D eigenvalue weighted by atomic mass is 79.9. The van der Waals surface area contributed by atoms with E-state index in [1.807, 2.05) is 36.4 Å². The first kappa shape index (κ1) is 31.0. The summed E-state index contributed by atoms with van der Waals surface area (Å²) in [7, 11) is -4.09. The summed E-state index contributed by atoms with van der Waals surface area (Å²) in [5, 5.41) is 4.82. The van der Waals surface area contributed by atoms with Crippen molar-refractivity contribution in [1.29, 1.82) is 0 Å². The predicted molar refractivity (Wildman–Crippen MR) is 169 cm³/mol. The highest BCUT2D eigenvalue weighted by molar-refractivity contribution is 9.10. The van der Waals surface area contributed by atoms with Gasteiger partial charge in [-0.15, -0.1) is 0 Å². The number of hydrogen-bond acceptors (Lipinski definition) is 4. The zero-order valence-electron chi connectivity index (χ0n) is 23.0. The molecule has 3 N–H and O–H groups in total. The third-order valence-corrected chi connectivity index (χ3v) is 16.6. The van der Waals surface area contributed by atoms with Crippen LogP contribution in [0.2, 0.25) is 36.3 Å². The Balaban J connectivity index is 2.63. The molecule has 0 amide bonds. The van der Waals surface area contributed by atoms with Gasteiger partial charge in [0.05, 0.1) is 5.71 Å². The minimum atomic E-state index is -2.04. The van der Waals surface area contributed by atoms with Crippen LogP contribution in [-0.2, 0) is 0 Å². The van der Waals surface area contributed by atoms with Crippen molar-refractivity contribution in [3.05, 3.63) is 56.5 Å². The van der Waals surface area contributed by atoms with E-state index in [4.69, 9.17) is 26.8 Å². The molecule has 0 radical (unpaired) electrons. The number of nitrogens with one attached hydrogen (secondary N) is 1. The van der Waals surface area contributed by atoms with Crippen molar-refractivity contribution < 1.29 is 8.85 Å². The number of nitrogens with zero attached hydrogens (tertiary/aromatic N) is 1. The summed E-state index contributed by atoms with van der Waals surface area (Å²) in [6.07, 6.45) is 0. The maximum Gasteiger partial charge on any atom is 0.250 e. The van der Waals surface area contributed by atoms with Crippen LogP contribution in [0.1, 0.15) is 52.7 Å². The highest BCUT2D eigenvalue weighted by Crippen LogP contribution is 2.40. The van der Waals surface area contributed by atoms with E-state index in [0.717, 1.165) is 31.6 Å². The lowest BCUT2D eigenvalue weighted by molar-refractivity contribution is 0.492. The van der Waals surface area contributed by atoms with Gasteiger partial charge in [0.1, 0.15) is 11.5 Å². The molecule has 0 spiro atoms. The molecule has 0 bridgehead atoms. The normalized spacial score (nSPS) is 12.7. The molecule has 0 saturated heterocycles. The van der Waals surface area contributed by atoms with Crippen molar-refractivity contribution in [2.75, 3.05) is 0 Å². The van der Waals surface area contributed by atoms with Crippen molar-refractivity contribution in [3.63, 3.8) is 0 Å². The van der Waals surface area contributed by atoms with Crippen LogP contribution >= 0.6 is 44.1 Å². The number of halogens is 2. The first-order chi connectivity index (χ1) is 16.2. The third kappa shape index (κ3) is 8.15. The van der Waals surface area contributed by atoms with Gasteiger partial charge in [0.2, 0.25) is 16.6 Å². The Bertz CT molecular complexity index is 1080. The van der Waals surface area contributed by atoms with Gasteiger partial charge >= 0.3 is 0 Å². The van der Waals surface area contributed by atoms with Crippen LogP contribution in [0.25, 0.3) is 0 Å². The first-order valence-corrected chi connectivity index (χ1v) is 19.7. The molecule has 36 heavy (non-hydrogen) atoms. The van der Waals surface area contributed by atoms with Gasteiger partial charge < -0.3 is 14.6 Å². The second kappa shape index (κ2) is 11.3. The SMILES string of the molecule is CC(C)(C)[Si](C)(C)Oc1cc(Br)cc(C(=NNC(N)=S)c2cc(Br)cc(O[Si](C)(C)C(C)(C)C)c2)c1. The van der Waals surface area contributed by atoms with Crippen molar-refractivity contribution in [2.45, 2.75) is 77.8 Å². The summed E-state index contributed by atoms with van der Waals surface area (Å²) in [6, 6.07) is 12.0. The van der Waals surface area contributed by atoms with E-state index in [2.05, 4.69) is 110 Å². The number of nitrogens with two attached hydrogens (primary N) is 1. The van der Waals surface area contributed by atoms with E-state index in [9.17, 15) is 0 Å². The number of rotatable bonds is 7. The van der Waals surface area contributed by atoms with E-state index in [1.165, 1.54) is 0 Å². The lowest BCUT2D eigenvalue weighted by Gasteiger charge is -2.36. The van der Waals surface area contributed by atoms with Crippen LogP contribution in [0, 0.1) is 0 Å². The van der Waals surface area contributed by atoms with E-state index in [1.54, 1.807) is 0 Å². The van der Waals surface area contributed by atoms with Gasteiger partial charge in [-0.1, -0.05) is 73.4 Å². The van der Waals surface area contributed by atoms with Crippen LogP contribution in [0.15, 0.2) is 50.4 Å². The molecule has 2 rings (SSSR count). The molecule has 0 aromatic heterocycles. The Kier molecular flexibility index (Phi) is 9.71. The highest BCUT2D eigenvalue weighted by Gasteiger charge is 2.40. The summed E-state index contributed by atoms with van der Waals surface area (Å²) >= 11 is 12.4. The summed E-state index contributed by atoms with van der Waals surface area (Å²) in [6.45, 7) is 22.3. The summed E-state index contributed by atoms with van der Waals surface area (Å²) < 4.78 is 15.0. The molecule has 5 nitrogen and oxygen atoms in total. The van der Waals surface area contributed by atoms with Crippen LogP contribution in [-0.4, -0.2) is 27.5 Å². The van der Waals surface area contributed by atoms with E-state index in [-0.39, 0.29) is 15.2 Å². The maximum absolute atomic E-state index is 6.60. The monoisotopic (exact) mass is 671 g/mol. The quantitative estimate of drug-likeness (QED) is 0.133. The Morgan fingerprint density at radius 2 is 1.14 bits per heavy atom. The average molecular weight is 674 g/mol. The Morgan fingerprint density at radius 3 is 1.44 bits per heavy atom. The molecule has 0 atom stereocenters. The second-order valence-electron chi connectivity index (χ2n) is 12.0. The fourth-order valence-electron chi connectivity index (χ4n) is 2.82. The minimum absolute atomic E-state index is 0.0694. The van der Waals surface area contributed by atoms with E-state index >= 15 is 0 Å². The zero-order chi connectivity index (χ0) is 27.7. The molecule has 10 heteroatoms. The topological polar surface area (TPSA) is 68.9 Å². The first-order valence-electron chi connectivity index (χ1n) is 11.8. The second-order valence-corrected chi connectivity index (χ2v) is 23.7. The van der Waals surface area contributed by atoms with Gasteiger partial charge in [-0.05, 0) is 84.9 Å². The summed E-state index contributed by atoms with van der Waals surface area (Å²) in [5.41, 5.74) is 10.9. The Morgan fingerprint density at radius 1 is 0.778 bits per heavy atom. The van der Waals surface area contributed by atoms with Crippen LogP contribution < -0.4 is 20.0 Å². The Labute approximate surface area is 241 Å². The largest absolute Gasteiger partial charge is 0.543 e. The molecule has 0 aliphatic heterocycles. The standard InChI is InChI=1S/C26H39Br2N3O2SSi2/c1-25(2,3)35(7,8)32-21-13-17(11-19(27)15-21)23(30-31-24(29)34)18-12-20(28)16-22(14-18)33-36(9,10)26(4,5)6/h11-16H,1-10H3,(H3,29,31,34). The minimum Gasteiger partial charge on any atom is -0.543 e. The third-order valence-electron chi connectivity index (χ3n) is 6.93. The molecular weight excluding hydrogens is 634 g/mol.